The smallest absolute Gasteiger partial charge is 0.103 e. The molecule has 0 unspecified atom stereocenters. The Hall–Kier alpha value is -1.01. The minimum absolute atomic E-state index is 0.461. The second kappa shape index (κ2) is 7.69. The Morgan fingerprint density at radius 2 is 2.15 bits per heavy atom. The fraction of sp³-hybridized carbons (Fsp3) is 0.533. The van der Waals surface area contributed by atoms with Crippen LogP contribution in [0.15, 0.2) is 24.3 Å². The van der Waals surface area contributed by atoms with Crippen molar-refractivity contribution in [3.8, 4) is 0 Å². The van der Waals surface area contributed by atoms with Crippen molar-refractivity contribution in [3.05, 3.63) is 35.4 Å². The van der Waals surface area contributed by atoms with Crippen LogP contribution in [-0.4, -0.2) is 61.2 Å². The lowest BCUT2D eigenvalue weighted by molar-refractivity contribution is 0.0342. The minimum Gasteiger partial charge on any atom is -0.389 e. The molecule has 1 saturated heterocycles. The van der Waals surface area contributed by atoms with Crippen LogP contribution in [0.2, 0.25) is 0 Å². The van der Waals surface area contributed by atoms with Crippen molar-refractivity contribution in [2.45, 2.75) is 6.54 Å². The van der Waals surface area contributed by atoms with Gasteiger partial charge in [-0.05, 0) is 18.7 Å². The van der Waals surface area contributed by atoms with E-state index in [-0.39, 0.29) is 0 Å². The summed E-state index contributed by atoms with van der Waals surface area (Å²) >= 11 is 5.02. The number of hydrogen-bond acceptors (Lipinski definition) is 4. The van der Waals surface area contributed by atoms with E-state index in [9.17, 15) is 0 Å². The van der Waals surface area contributed by atoms with Crippen molar-refractivity contribution in [2.24, 2.45) is 5.73 Å². The van der Waals surface area contributed by atoms with Crippen LogP contribution in [0.25, 0.3) is 0 Å². The first-order chi connectivity index (χ1) is 9.65. The Morgan fingerprint density at radius 3 is 2.85 bits per heavy atom. The van der Waals surface area contributed by atoms with Crippen molar-refractivity contribution >= 4 is 17.2 Å². The molecule has 1 aliphatic heterocycles. The normalized spacial score (nSPS) is 16.5. The molecule has 0 aromatic heterocycles. The molecule has 0 saturated carbocycles. The predicted molar refractivity (Wildman–Crippen MR) is 85.9 cm³/mol. The second-order valence-corrected chi connectivity index (χ2v) is 5.70. The summed E-state index contributed by atoms with van der Waals surface area (Å²) in [5, 5.41) is 0. The van der Waals surface area contributed by atoms with Gasteiger partial charge in [0.15, 0.2) is 0 Å². The number of morpholine rings is 1. The highest BCUT2D eigenvalue weighted by molar-refractivity contribution is 7.80. The SMILES string of the molecule is CN(CCN1CCOCC1)Cc1cccc(C(N)=S)c1. The zero-order valence-corrected chi connectivity index (χ0v) is 12.9. The van der Waals surface area contributed by atoms with Crippen LogP contribution >= 0.6 is 12.2 Å². The van der Waals surface area contributed by atoms with Gasteiger partial charge >= 0.3 is 0 Å². The molecule has 1 fully saturated rings. The van der Waals surface area contributed by atoms with E-state index in [0.29, 0.717) is 4.99 Å². The van der Waals surface area contributed by atoms with Gasteiger partial charge in [0.1, 0.15) is 4.99 Å². The third kappa shape index (κ3) is 4.83. The average molecular weight is 293 g/mol. The molecule has 4 nitrogen and oxygen atoms in total. The quantitative estimate of drug-likeness (QED) is 0.795. The van der Waals surface area contributed by atoms with Crippen LogP contribution < -0.4 is 5.73 Å². The molecule has 20 heavy (non-hydrogen) atoms. The van der Waals surface area contributed by atoms with Crippen molar-refractivity contribution in [3.63, 3.8) is 0 Å². The molecule has 1 heterocycles. The van der Waals surface area contributed by atoms with Gasteiger partial charge in [-0.15, -0.1) is 0 Å². The molecule has 5 heteroatoms. The van der Waals surface area contributed by atoms with Gasteiger partial charge in [-0.25, -0.2) is 0 Å². The lowest BCUT2D eigenvalue weighted by Crippen LogP contribution is -2.40. The second-order valence-electron chi connectivity index (χ2n) is 5.26. The highest BCUT2D eigenvalue weighted by Crippen LogP contribution is 2.08. The Bertz CT molecular complexity index is 446. The summed E-state index contributed by atoms with van der Waals surface area (Å²) in [4.78, 5) is 5.24. The topological polar surface area (TPSA) is 41.7 Å². The zero-order chi connectivity index (χ0) is 14.4. The molecule has 1 aromatic carbocycles. The molecule has 1 aliphatic rings. The summed E-state index contributed by atoms with van der Waals surface area (Å²) < 4.78 is 5.36. The molecule has 2 N–H and O–H groups in total. The number of benzene rings is 1. The largest absolute Gasteiger partial charge is 0.389 e. The van der Waals surface area contributed by atoms with E-state index in [4.69, 9.17) is 22.7 Å². The summed E-state index contributed by atoms with van der Waals surface area (Å²) in [6.45, 7) is 6.88. The van der Waals surface area contributed by atoms with E-state index in [1.165, 1.54) is 5.56 Å². The van der Waals surface area contributed by atoms with Crippen LogP contribution in [0.4, 0.5) is 0 Å². The van der Waals surface area contributed by atoms with E-state index < -0.39 is 0 Å². The lowest BCUT2D eigenvalue weighted by Gasteiger charge is -2.28. The van der Waals surface area contributed by atoms with Crippen LogP contribution in [0.1, 0.15) is 11.1 Å². The van der Waals surface area contributed by atoms with E-state index in [0.717, 1.165) is 51.5 Å². The first-order valence-corrected chi connectivity index (χ1v) is 7.43. The fourth-order valence-corrected chi connectivity index (χ4v) is 2.48. The maximum Gasteiger partial charge on any atom is 0.103 e. The van der Waals surface area contributed by atoms with Crippen molar-refractivity contribution < 1.29 is 4.74 Å². The number of thiocarbonyl (C=S) groups is 1. The maximum absolute atomic E-state index is 5.67. The third-order valence-electron chi connectivity index (χ3n) is 3.57. The summed E-state index contributed by atoms with van der Waals surface area (Å²) in [5.74, 6) is 0. The Kier molecular flexibility index (Phi) is 5.91. The summed E-state index contributed by atoms with van der Waals surface area (Å²) in [7, 11) is 2.15. The van der Waals surface area contributed by atoms with E-state index >= 15 is 0 Å². The van der Waals surface area contributed by atoms with Crippen LogP contribution in [0.5, 0.6) is 0 Å². The van der Waals surface area contributed by atoms with Crippen LogP contribution in [-0.2, 0) is 11.3 Å². The summed E-state index contributed by atoms with van der Waals surface area (Å²) in [6, 6.07) is 8.17. The van der Waals surface area contributed by atoms with Gasteiger partial charge in [-0.1, -0.05) is 30.4 Å². The number of nitrogens with two attached hydrogens (primary N) is 1. The fourth-order valence-electron chi connectivity index (χ4n) is 2.35. The predicted octanol–water partition coefficient (Wildman–Crippen LogP) is 1.08. The minimum atomic E-state index is 0.461. The highest BCUT2D eigenvalue weighted by Gasteiger charge is 2.11. The molecule has 110 valence electrons. The van der Waals surface area contributed by atoms with E-state index in [2.05, 4.69) is 29.0 Å². The highest BCUT2D eigenvalue weighted by atomic mass is 32.1. The summed E-state index contributed by atoms with van der Waals surface area (Å²) in [6.07, 6.45) is 0. The monoisotopic (exact) mass is 293 g/mol. The first kappa shape index (κ1) is 15.4. The van der Waals surface area contributed by atoms with Crippen molar-refractivity contribution in [1.82, 2.24) is 9.80 Å². The summed E-state index contributed by atoms with van der Waals surface area (Å²) in [5.41, 5.74) is 7.86. The van der Waals surface area contributed by atoms with Gasteiger partial charge in [0.05, 0.1) is 13.2 Å². The standard InChI is InChI=1S/C15H23N3OS/c1-17(5-6-18-7-9-19-10-8-18)12-13-3-2-4-14(11-13)15(16)20/h2-4,11H,5-10,12H2,1H3,(H2,16,20). The Balaban J connectivity index is 1.79. The maximum atomic E-state index is 5.67. The van der Waals surface area contributed by atoms with Gasteiger partial charge < -0.3 is 15.4 Å². The number of likely N-dealkylation sites (N-methyl/N-ethyl adjacent to an activating group) is 1. The number of hydrogen-bond donors (Lipinski definition) is 1. The van der Waals surface area contributed by atoms with E-state index in [1.807, 2.05) is 12.1 Å². The number of rotatable bonds is 6. The van der Waals surface area contributed by atoms with Gasteiger partial charge in [-0.2, -0.15) is 0 Å². The Morgan fingerprint density at radius 1 is 1.40 bits per heavy atom. The number of ether oxygens (including phenoxy) is 1. The molecule has 0 bridgehead atoms. The van der Waals surface area contributed by atoms with Crippen LogP contribution in [0, 0.1) is 0 Å². The number of nitrogens with zero attached hydrogens (tertiary/aromatic N) is 2. The molecular weight excluding hydrogens is 270 g/mol. The molecule has 1 aromatic rings. The first-order valence-electron chi connectivity index (χ1n) is 7.02. The molecule has 0 amide bonds. The van der Waals surface area contributed by atoms with Crippen LogP contribution in [0.3, 0.4) is 0 Å². The van der Waals surface area contributed by atoms with Gasteiger partial charge in [0.25, 0.3) is 0 Å². The Labute approximate surface area is 126 Å². The van der Waals surface area contributed by atoms with Gasteiger partial charge in [0.2, 0.25) is 0 Å². The molecule has 0 atom stereocenters. The third-order valence-corrected chi connectivity index (χ3v) is 3.80. The average Bonchev–Trinajstić information content (AvgIpc) is 2.46. The van der Waals surface area contributed by atoms with Gasteiger partial charge in [-0.3, -0.25) is 4.90 Å². The molecule has 2 rings (SSSR count). The molecule has 0 radical (unpaired) electrons. The molecule has 0 spiro atoms. The van der Waals surface area contributed by atoms with Gasteiger partial charge in [0, 0.05) is 38.3 Å². The van der Waals surface area contributed by atoms with E-state index in [1.54, 1.807) is 0 Å². The van der Waals surface area contributed by atoms with Crippen molar-refractivity contribution in [2.75, 3.05) is 46.4 Å². The molecular formula is C15H23N3OS. The zero-order valence-electron chi connectivity index (χ0n) is 12.0. The lowest BCUT2D eigenvalue weighted by atomic mass is 10.1. The molecule has 0 aliphatic carbocycles. The van der Waals surface area contributed by atoms with Crippen molar-refractivity contribution in [1.29, 1.82) is 0 Å².